The van der Waals surface area contributed by atoms with E-state index in [1.54, 1.807) is 18.2 Å². The number of hydrogen-bond acceptors (Lipinski definition) is 9. The Labute approximate surface area is 639 Å². The third-order valence-electron chi connectivity index (χ3n) is 10.6. The molecule has 526 valence electrons. The van der Waals surface area contributed by atoms with Crippen molar-refractivity contribution < 1.29 is 26.0 Å². The van der Waals surface area contributed by atoms with Gasteiger partial charge in [-0.25, -0.2) is 27.2 Å². The van der Waals surface area contributed by atoms with Gasteiger partial charge in [0, 0.05) is 18.7 Å². The molecule has 0 aliphatic carbocycles. The third kappa shape index (κ3) is 33.4. The highest BCUT2D eigenvalue weighted by Crippen LogP contribution is 3.47. The summed E-state index contributed by atoms with van der Waals surface area (Å²) < 4.78 is 71.2. The molecule has 0 fully saturated rings. The Balaban J connectivity index is 0.000000500. The van der Waals surface area contributed by atoms with Crippen molar-refractivity contribution in [2.24, 2.45) is 0 Å². The van der Waals surface area contributed by atoms with E-state index in [1.807, 2.05) is 0 Å². The third-order valence-corrected chi connectivity index (χ3v) is 379. The molecule has 0 bridgehead atoms. The molecule has 0 radical (unpaired) electrons. The lowest BCUT2D eigenvalue weighted by molar-refractivity contribution is 0.344. The topological polar surface area (TPSA) is 137 Å². The van der Waals surface area contributed by atoms with Crippen LogP contribution in [0, 0.1) is 5.82 Å². The number of sulfone groups is 1. The normalized spacial score (nSPS) is 15.0. The summed E-state index contributed by atoms with van der Waals surface area (Å²) in [5.41, 5.74) is 7.64. The number of benzene rings is 2. The minimum Gasteiger partial charge on any atom is -0.414 e. The van der Waals surface area contributed by atoms with Gasteiger partial charge in [0.1, 0.15) is 12.0 Å². The standard InChI is InChI=1S/C26H27F3N6O3S.H55P53/c1-15(28)12-31-13-17-3-8-20(21(29)11-17)25-34-35-26(38-25)23-24(30)32-14-22(33-23)18-4-6-19(7-5-18)39(36,37)16(2)9-10-27;1-28-42(29(2)3)49(43(30(4)5)31(6)7)52(48(40(24)25)41(26)27)53(50(44(32(8)9)33(10)11)45(34(12)13)35(14)15)51(46(36(16)17)37(18)19)47(38(20)21)39(22)23/h3-8,11,14-16,31H,9-10,12-13H2,1-2H3,(H2,30,32);28H,1-27H2. The van der Waals surface area contributed by atoms with Crippen LogP contribution in [-0.4, -0.2) is 53.2 Å². The van der Waals surface area contributed by atoms with Gasteiger partial charge in [-0.2, -0.15) is 0 Å². The Morgan fingerprint density at radius 3 is 1.29 bits per heavy atom. The average Bonchev–Trinajstić information content (AvgIpc) is 1.27. The molecule has 33 unspecified atom stereocenters. The van der Waals surface area contributed by atoms with E-state index < -0.39 is 33.8 Å². The molecule has 2 heterocycles. The molecule has 3 N–H and O–H groups in total. The number of nitrogens with two attached hydrogens (primary N) is 1. The van der Waals surface area contributed by atoms with E-state index in [9.17, 15) is 21.6 Å². The van der Waals surface area contributed by atoms with Crippen molar-refractivity contribution in [2.75, 3.05) is 19.0 Å². The summed E-state index contributed by atoms with van der Waals surface area (Å²) in [5.74, 6) is -0.778. The van der Waals surface area contributed by atoms with Crippen molar-refractivity contribution in [1.82, 2.24) is 25.5 Å². The lowest BCUT2D eigenvalue weighted by Crippen LogP contribution is -2.21. The zero-order chi connectivity index (χ0) is 70.3. The highest BCUT2D eigenvalue weighted by Gasteiger charge is 2.59. The first kappa shape index (κ1) is 105. The first-order valence-corrected chi connectivity index (χ1v) is 122. The molecule has 9 nitrogen and oxygen atoms in total. The molecule has 2 aromatic carbocycles. The Morgan fingerprint density at radius 2 is 0.935 bits per heavy atom. The number of nitrogens with zero attached hydrogens (tertiary/aromatic N) is 4. The van der Waals surface area contributed by atoms with E-state index in [0.29, 0.717) is 23.4 Å². The predicted molar refractivity (Wildman–Crippen MR) is 584 cm³/mol. The SMILES string of the molecule is CC(F)CNCc1ccc(-c2nnc(-c3nc(-c4ccc(S(=O)(=O)C(C)CCF)cc4)cnc3N)o2)c(F)c1.PPP(P(P)P)P(P(P(P)P)P(P)P)P(P(P(P)P)P(P)P)P(P(P(P(P)P)P(P)P)P(P(P)P)P(P)P)P(P(P(P)P)P(P)P)P(P(P)P)P(P)P. The average molecular weight is 2260 g/mol. The first-order chi connectivity index (χ1) is 42.7. The van der Waals surface area contributed by atoms with Crippen LogP contribution in [-0.2, 0) is 16.4 Å². The second-order valence-electron chi connectivity index (χ2n) is 17.3. The minimum absolute atomic E-state index is 0.00261. The van der Waals surface area contributed by atoms with Gasteiger partial charge in [-0.05, 0) is 225 Å². The quantitative estimate of drug-likeness (QED) is 0.0427. The molecule has 0 aliphatic rings. The maximum absolute atomic E-state index is 14.8. The van der Waals surface area contributed by atoms with Crippen LogP contribution in [0.4, 0.5) is 19.0 Å². The summed E-state index contributed by atoms with van der Waals surface area (Å²) in [6, 6.07) is 10.4. The van der Waals surface area contributed by atoms with E-state index >= 15 is 0 Å². The monoisotopic (exact) mass is 2260 g/mol. The number of alkyl halides is 2. The fourth-order valence-electron chi connectivity index (χ4n) is 6.85. The fourth-order valence-corrected chi connectivity index (χ4v) is 762. The highest BCUT2D eigenvalue weighted by molar-refractivity contribution is 9.52. The van der Waals surface area contributed by atoms with Gasteiger partial charge >= 0.3 is 0 Å². The first-order valence-electron chi connectivity index (χ1n) is 24.1. The summed E-state index contributed by atoms with van der Waals surface area (Å²) >= 11 is 0. The van der Waals surface area contributed by atoms with Crippen molar-refractivity contribution >= 4 is 439 Å². The number of hydrogen-bond donors (Lipinski definition) is 2. The van der Waals surface area contributed by atoms with Crippen LogP contribution in [0.15, 0.2) is 58.0 Å². The van der Waals surface area contributed by atoms with E-state index in [4.69, 9.17) is 10.2 Å². The number of aromatic nitrogens is 4. The zero-order valence-electron chi connectivity index (χ0n) is 48.5. The molecule has 4 aromatic rings. The van der Waals surface area contributed by atoms with Crippen LogP contribution in [0.3, 0.4) is 0 Å². The molecular weight excluding hydrogens is 2180 g/mol. The van der Waals surface area contributed by atoms with Crippen LogP contribution in [0.1, 0.15) is 25.8 Å². The van der Waals surface area contributed by atoms with Crippen molar-refractivity contribution in [1.29, 1.82) is 0 Å². The predicted octanol–water partition coefficient (Wildman–Crippen LogP) is 35.5. The molecular formula is C26H82F3N6O3P53S. The van der Waals surface area contributed by atoms with Gasteiger partial charge < -0.3 is 15.5 Å². The van der Waals surface area contributed by atoms with Crippen LogP contribution >= 0.6 is 424 Å². The maximum Gasteiger partial charge on any atom is 0.270 e. The number of halogens is 3. The summed E-state index contributed by atoms with van der Waals surface area (Å²) in [4.78, 5) is 8.64. The lowest BCUT2D eigenvalue weighted by atomic mass is 10.1. The van der Waals surface area contributed by atoms with Crippen LogP contribution in [0.2, 0.25) is 0 Å². The molecule has 4 rings (SSSR count). The molecule has 92 heavy (non-hydrogen) atoms. The van der Waals surface area contributed by atoms with Gasteiger partial charge in [0.05, 0.1) is 34.3 Å². The zero-order valence-corrected chi connectivity index (χ0v) is 104. The summed E-state index contributed by atoms with van der Waals surface area (Å²) in [6.07, 6.45) is 0.299. The Morgan fingerprint density at radius 1 is 0.554 bits per heavy atom. The molecule has 2 aromatic heterocycles. The van der Waals surface area contributed by atoms with Crippen molar-refractivity contribution in [2.45, 2.75) is 43.1 Å². The minimum atomic E-state index is -3.67. The highest BCUT2D eigenvalue weighted by atomic mass is 33.6. The van der Waals surface area contributed by atoms with Gasteiger partial charge in [-0.3, -0.25) is 4.39 Å². The Kier molecular flexibility index (Phi) is 62.1. The van der Waals surface area contributed by atoms with Crippen LogP contribution < -0.4 is 11.1 Å². The molecule has 0 amide bonds. The molecule has 66 heteroatoms. The van der Waals surface area contributed by atoms with Gasteiger partial charge in [0.2, 0.25) is 0 Å². The number of anilines is 1. The van der Waals surface area contributed by atoms with Crippen molar-refractivity contribution in [3.63, 3.8) is 0 Å². The summed E-state index contributed by atoms with van der Waals surface area (Å²) in [5, 5.41) is 9.90. The van der Waals surface area contributed by atoms with Gasteiger partial charge in [-0.15, -0.1) is 251 Å². The molecule has 0 saturated heterocycles. The Bertz CT molecular complexity index is 2800. The molecule has 0 spiro atoms. The summed E-state index contributed by atoms with van der Waals surface area (Å²) in [7, 11) is 91.9. The largest absolute Gasteiger partial charge is 0.414 e. The molecule has 33 atom stereocenters. The number of nitrogens with one attached hydrogen (secondary N) is 1. The number of rotatable bonds is 36. The maximum atomic E-state index is 14.8. The van der Waals surface area contributed by atoms with Gasteiger partial charge in [-0.1, -0.05) is 26.2 Å². The van der Waals surface area contributed by atoms with E-state index in [1.165, 1.54) is 44.3 Å². The van der Waals surface area contributed by atoms with Crippen molar-refractivity contribution in [3.8, 4) is 34.3 Å². The van der Waals surface area contributed by atoms with Gasteiger partial charge in [0.15, 0.2) is 21.3 Å². The Hall–Kier alpha value is 18.9. The number of nitrogen functional groups attached to an aromatic ring is 1. The molecule has 0 saturated carbocycles. The smallest absolute Gasteiger partial charge is 0.270 e. The van der Waals surface area contributed by atoms with Crippen molar-refractivity contribution in [3.05, 3.63) is 60.0 Å². The van der Waals surface area contributed by atoms with E-state index in [2.05, 4.69) is 267 Å². The van der Waals surface area contributed by atoms with E-state index in [0.717, 1.165) is 7.96 Å². The second-order valence-corrected chi connectivity index (χ2v) is 236. The second kappa shape index (κ2) is 54.4. The van der Waals surface area contributed by atoms with Gasteiger partial charge in [0.25, 0.3) is 11.8 Å². The lowest BCUT2D eigenvalue weighted by Gasteiger charge is -2.59. The van der Waals surface area contributed by atoms with Crippen LogP contribution in [0.5, 0.6) is 0 Å². The fraction of sp³-hybridized carbons (Fsp3) is 0.308. The summed E-state index contributed by atoms with van der Waals surface area (Å²) in [6.45, 7) is -1.68. The molecule has 0 aliphatic heterocycles. The van der Waals surface area contributed by atoms with E-state index in [-0.39, 0.29) is 221 Å². The van der Waals surface area contributed by atoms with Crippen LogP contribution in [0.25, 0.3) is 34.3 Å².